The Bertz CT molecular complexity index is 653. The first-order valence-corrected chi connectivity index (χ1v) is 8.11. The van der Waals surface area contributed by atoms with Gasteiger partial charge in [0.15, 0.2) is 0 Å². The predicted molar refractivity (Wildman–Crippen MR) is 79.6 cm³/mol. The number of sulfonamides is 1. The van der Waals surface area contributed by atoms with Gasteiger partial charge in [-0.2, -0.15) is 4.31 Å². The number of halogens is 1. The van der Waals surface area contributed by atoms with E-state index in [9.17, 15) is 8.42 Å². The molecule has 1 aromatic carbocycles. The Morgan fingerprint density at radius 2 is 1.95 bits per heavy atom. The molecule has 0 bridgehead atoms. The van der Waals surface area contributed by atoms with Gasteiger partial charge >= 0.3 is 0 Å². The van der Waals surface area contributed by atoms with E-state index in [1.54, 1.807) is 18.2 Å². The Morgan fingerprint density at radius 3 is 2.52 bits per heavy atom. The van der Waals surface area contributed by atoms with Gasteiger partial charge in [0.25, 0.3) is 0 Å². The van der Waals surface area contributed by atoms with Gasteiger partial charge in [0.05, 0.1) is 24.0 Å². The molecule has 0 fully saturated rings. The average Bonchev–Trinajstić information content (AvgIpc) is 2.96. The zero-order chi connectivity index (χ0) is 15.3. The zero-order valence-corrected chi connectivity index (χ0v) is 13.1. The van der Waals surface area contributed by atoms with Gasteiger partial charge in [0.1, 0.15) is 0 Å². The van der Waals surface area contributed by atoms with Crippen LogP contribution in [-0.2, 0) is 21.3 Å². The molecular formula is C14H16ClNO4S. The Labute approximate surface area is 129 Å². The summed E-state index contributed by atoms with van der Waals surface area (Å²) in [5.74, 6) is 0. The number of furan rings is 1. The molecule has 0 saturated heterocycles. The molecule has 7 heteroatoms. The van der Waals surface area contributed by atoms with Crippen LogP contribution in [0.15, 0.2) is 52.2 Å². The van der Waals surface area contributed by atoms with Crippen LogP contribution in [0.1, 0.15) is 5.56 Å². The van der Waals surface area contributed by atoms with Crippen molar-refractivity contribution in [2.45, 2.75) is 11.4 Å². The number of hydrogen-bond acceptors (Lipinski definition) is 4. The van der Waals surface area contributed by atoms with Crippen molar-refractivity contribution in [1.29, 1.82) is 0 Å². The van der Waals surface area contributed by atoms with Crippen molar-refractivity contribution in [2.75, 3.05) is 20.3 Å². The molecule has 0 spiro atoms. The van der Waals surface area contributed by atoms with Crippen LogP contribution in [-0.4, -0.2) is 33.0 Å². The van der Waals surface area contributed by atoms with E-state index in [2.05, 4.69) is 0 Å². The van der Waals surface area contributed by atoms with Crippen LogP contribution in [0.2, 0.25) is 5.02 Å². The maximum Gasteiger partial charge on any atom is 0.243 e. The van der Waals surface area contributed by atoms with Crippen molar-refractivity contribution in [3.05, 3.63) is 53.4 Å². The van der Waals surface area contributed by atoms with Gasteiger partial charge in [0.2, 0.25) is 10.0 Å². The minimum absolute atomic E-state index is 0.200. The molecule has 0 saturated carbocycles. The van der Waals surface area contributed by atoms with Gasteiger partial charge in [-0.15, -0.1) is 0 Å². The molecule has 5 nitrogen and oxygen atoms in total. The third-order valence-electron chi connectivity index (χ3n) is 2.94. The maximum atomic E-state index is 12.7. The first kappa shape index (κ1) is 16.0. The Balaban J connectivity index is 2.27. The SMILES string of the molecule is COCCN(Cc1ccoc1)S(=O)(=O)c1ccc(Cl)cc1. The summed E-state index contributed by atoms with van der Waals surface area (Å²) in [6.45, 7) is 0.794. The molecule has 1 heterocycles. The number of hydrogen-bond donors (Lipinski definition) is 0. The summed E-state index contributed by atoms with van der Waals surface area (Å²) in [4.78, 5) is 0.200. The van der Waals surface area contributed by atoms with Gasteiger partial charge in [-0.05, 0) is 30.3 Å². The lowest BCUT2D eigenvalue weighted by atomic mass is 10.3. The molecule has 0 aliphatic rings. The lowest BCUT2D eigenvalue weighted by molar-refractivity contribution is 0.177. The van der Waals surface area contributed by atoms with E-state index in [4.69, 9.17) is 20.8 Å². The van der Waals surface area contributed by atoms with Crippen LogP contribution in [0.3, 0.4) is 0 Å². The van der Waals surface area contributed by atoms with Gasteiger partial charge in [0, 0.05) is 30.8 Å². The quantitative estimate of drug-likeness (QED) is 0.783. The molecule has 0 amide bonds. The number of methoxy groups -OCH3 is 1. The monoisotopic (exact) mass is 329 g/mol. The molecule has 114 valence electrons. The van der Waals surface area contributed by atoms with Crippen LogP contribution in [0, 0.1) is 0 Å². The van der Waals surface area contributed by atoms with E-state index in [0.717, 1.165) is 5.56 Å². The van der Waals surface area contributed by atoms with E-state index in [-0.39, 0.29) is 18.0 Å². The van der Waals surface area contributed by atoms with Gasteiger partial charge < -0.3 is 9.15 Å². The second-order valence-electron chi connectivity index (χ2n) is 4.42. The van der Waals surface area contributed by atoms with Crippen molar-refractivity contribution in [1.82, 2.24) is 4.31 Å². The molecule has 0 N–H and O–H groups in total. The van der Waals surface area contributed by atoms with Crippen LogP contribution < -0.4 is 0 Å². The molecule has 2 aromatic rings. The van der Waals surface area contributed by atoms with Crippen molar-refractivity contribution >= 4 is 21.6 Å². The molecule has 21 heavy (non-hydrogen) atoms. The zero-order valence-electron chi connectivity index (χ0n) is 11.5. The van der Waals surface area contributed by atoms with E-state index >= 15 is 0 Å². The highest BCUT2D eigenvalue weighted by Gasteiger charge is 2.24. The first-order valence-electron chi connectivity index (χ1n) is 6.30. The predicted octanol–water partition coefficient (Wildman–Crippen LogP) is 2.77. The van der Waals surface area contributed by atoms with Crippen LogP contribution in [0.5, 0.6) is 0 Å². The summed E-state index contributed by atoms with van der Waals surface area (Å²) in [6, 6.07) is 7.83. The van der Waals surface area contributed by atoms with Gasteiger partial charge in [-0.1, -0.05) is 11.6 Å². The Morgan fingerprint density at radius 1 is 1.24 bits per heavy atom. The van der Waals surface area contributed by atoms with Gasteiger partial charge in [-0.3, -0.25) is 0 Å². The number of nitrogens with zero attached hydrogens (tertiary/aromatic N) is 1. The normalized spacial score (nSPS) is 12.0. The Hall–Kier alpha value is -1.34. The summed E-state index contributed by atoms with van der Waals surface area (Å²) in [7, 11) is -2.08. The van der Waals surface area contributed by atoms with Crippen LogP contribution in [0.4, 0.5) is 0 Å². The van der Waals surface area contributed by atoms with E-state index in [1.165, 1.54) is 36.1 Å². The topological polar surface area (TPSA) is 59.8 Å². The van der Waals surface area contributed by atoms with Crippen molar-refractivity contribution < 1.29 is 17.6 Å². The van der Waals surface area contributed by atoms with E-state index in [0.29, 0.717) is 11.6 Å². The molecular weight excluding hydrogens is 314 g/mol. The second-order valence-corrected chi connectivity index (χ2v) is 6.79. The lowest BCUT2D eigenvalue weighted by Gasteiger charge is -2.21. The molecule has 0 aliphatic carbocycles. The standard InChI is InChI=1S/C14H16ClNO4S/c1-19-9-7-16(10-12-6-8-20-11-12)21(17,18)14-4-2-13(15)3-5-14/h2-6,8,11H,7,9-10H2,1H3. The summed E-state index contributed by atoms with van der Waals surface area (Å²) >= 11 is 5.80. The fourth-order valence-corrected chi connectivity index (χ4v) is 3.36. The summed E-state index contributed by atoms with van der Waals surface area (Å²) < 4.78 is 36.7. The van der Waals surface area contributed by atoms with Crippen molar-refractivity contribution in [2.24, 2.45) is 0 Å². The summed E-state index contributed by atoms with van der Waals surface area (Å²) in [6.07, 6.45) is 3.04. The molecule has 0 radical (unpaired) electrons. The number of benzene rings is 1. The fraction of sp³-hybridized carbons (Fsp3) is 0.286. The van der Waals surface area contributed by atoms with Crippen molar-refractivity contribution in [3.8, 4) is 0 Å². The highest BCUT2D eigenvalue weighted by Crippen LogP contribution is 2.20. The Kier molecular flexibility index (Phi) is 5.41. The first-order chi connectivity index (χ1) is 10.0. The fourth-order valence-electron chi connectivity index (χ4n) is 1.82. The largest absolute Gasteiger partial charge is 0.472 e. The van der Waals surface area contributed by atoms with Crippen molar-refractivity contribution in [3.63, 3.8) is 0 Å². The number of rotatable bonds is 7. The summed E-state index contributed by atoms with van der Waals surface area (Å²) in [5, 5.41) is 0.493. The van der Waals surface area contributed by atoms with Crippen LogP contribution in [0.25, 0.3) is 0 Å². The van der Waals surface area contributed by atoms with E-state index < -0.39 is 10.0 Å². The average molecular weight is 330 g/mol. The summed E-state index contributed by atoms with van der Waals surface area (Å²) in [5.41, 5.74) is 0.781. The van der Waals surface area contributed by atoms with Crippen LogP contribution >= 0.6 is 11.6 Å². The third kappa shape index (κ3) is 4.07. The molecule has 0 aliphatic heterocycles. The molecule has 0 unspecified atom stereocenters. The molecule has 1 aromatic heterocycles. The van der Waals surface area contributed by atoms with Gasteiger partial charge in [-0.25, -0.2) is 8.42 Å². The maximum absolute atomic E-state index is 12.7. The van der Waals surface area contributed by atoms with E-state index in [1.807, 2.05) is 0 Å². The number of ether oxygens (including phenoxy) is 1. The molecule has 0 atom stereocenters. The third-order valence-corrected chi connectivity index (χ3v) is 5.05. The second kappa shape index (κ2) is 7.09. The minimum Gasteiger partial charge on any atom is -0.472 e. The lowest BCUT2D eigenvalue weighted by Crippen LogP contribution is -2.33. The minimum atomic E-state index is -3.61. The molecule has 2 rings (SSSR count). The smallest absolute Gasteiger partial charge is 0.243 e. The highest BCUT2D eigenvalue weighted by atomic mass is 35.5. The highest BCUT2D eigenvalue weighted by molar-refractivity contribution is 7.89.